The lowest BCUT2D eigenvalue weighted by Gasteiger charge is -2.09. The fourth-order valence-electron chi connectivity index (χ4n) is 2.80. The van der Waals surface area contributed by atoms with Crippen LogP contribution in [0.25, 0.3) is 10.2 Å². The van der Waals surface area contributed by atoms with Crippen LogP contribution in [0, 0.1) is 0 Å². The van der Waals surface area contributed by atoms with Gasteiger partial charge in [0.25, 0.3) is 5.91 Å². The molecule has 4 rings (SSSR count). The summed E-state index contributed by atoms with van der Waals surface area (Å²) in [5.41, 5.74) is 3.78. The normalized spacial score (nSPS) is 10.7. The first-order chi connectivity index (χ1) is 12.3. The first-order valence-corrected chi connectivity index (χ1v) is 8.90. The molecule has 0 unspecified atom stereocenters. The Morgan fingerprint density at radius 1 is 0.880 bits per heavy atom. The van der Waals surface area contributed by atoms with E-state index in [-0.39, 0.29) is 5.91 Å². The first-order valence-electron chi connectivity index (χ1n) is 8.08. The maximum absolute atomic E-state index is 12.8. The van der Waals surface area contributed by atoms with Gasteiger partial charge in [-0.1, -0.05) is 72.0 Å². The number of rotatable bonds is 4. The van der Waals surface area contributed by atoms with Crippen LogP contribution >= 0.6 is 11.3 Å². The van der Waals surface area contributed by atoms with E-state index in [1.807, 2.05) is 66.7 Å². The van der Waals surface area contributed by atoms with Crippen molar-refractivity contribution in [2.45, 2.75) is 6.42 Å². The summed E-state index contributed by atoms with van der Waals surface area (Å²) in [7, 11) is 0. The second kappa shape index (κ2) is 6.87. The van der Waals surface area contributed by atoms with Gasteiger partial charge in [0.05, 0.1) is 10.2 Å². The van der Waals surface area contributed by atoms with Gasteiger partial charge in [-0.2, -0.15) is 0 Å². The second-order valence-electron chi connectivity index (χ2n) is 5.76. The van der Waals surface area contributed by atoms with Gasteiger partial charge in [-0.25, -0.2) is 4.98 Å². The van der Waals surface area contributed by atoms with Crippen molar-refractivity contribution < 1.29 is 4.79 Å². The Labute approximate surface area is 150 Å². The van der Waals surface area contributed by atoms with E-state index in [4.69, 9.17) is 0 Å². The van der Waals surface area contributed by atoms with Gasteiger partial charge in [0, 0.05) is 5.56 Å². The van der Waals surface area contributed by atoms with Gasteiger partial charge in [0.1, 0.15) is 0 Å². The standard InChI is InChI=1S/C21H16N2OS/c24-20(23-21-22-18-12-6-7-13-19(18)25-21)17-11-5-4-10-16(17)14-15-8-2-1-3-9-15/h1-13H,14H2,(H,22,23,24). The molecule has 4 aromatic rings. The number of anilines is 1. The van der Waals surface area contributed by atoms with E-state index >= 15 is 0 Å². The van der Waals surface area contributed by atoms with Crippen LogP contribution in [0.5, 0.6) is 0 Å². The molecule has 0 aliphatic carbocycles. The number of carbonyl (C=O) groups excluding carboxylic acids is 1. The fourth-order valence-corrected chi connectivity index (χ4v) is 3.66. The van der Waals surface area contributed by atoms with Crippen LogP contribution in [-0.2, 0) is 6.42 Å². The SMILES string of the molecule is O=C(Nc1nc2ccccc2s1)c1ccccc1Cc1ccccc1. The Morgan fingerprint density at radius 3 is 2.44 bits per heavy atom. The van der Waals surface area contributed by atoms with E-state index in [1.165, 1.54) is 16.9 Å². The number of benzene rings is 3. The monoisotopic (exact) mass is 344 g/mol. The van der Waals surface area contributed by atoms with Gasteiger partial charge in [0.15, 0.2) is 5.13 Å². The topological polar surface area (TPSA) is 42.0 Å². The van der Waals surface area contributed by atoms with Crippen molar-refractivity contribution in [3.8, 4) is 0 Å². The number of hydrogen-bond donors (Lipinski definition) is 1. The summed E-state index contributed by atoms with van der Waals surface area (Å²) in [6, 6.07) is 25.8. The zero-order valence-electron chi connectivity index (χ0n) is 13.5. The van der Waals surface area contributed by atoms with Crippen LogP contribution in [0.3, 0.4) is 0 Å². The van der Waals surface area contributed by atoms with E-state index in [1.54, 1.807) is 0 Å². The van der Waals surface area contributed by atoms with Crippen molar-refractivity contribution >= 4 is 32.6 Å². The van der Waals surface area contributed by atoms with Crippen molar-refractivity contribution in [2.75, 3.05) is 5.32 Å². The largest absolute Gasteiger partial charge is 0.298 e. The number of thiazole rings is 1. The van der Waals surface area contributed by atoms with Gasteiger partial charge in [-0.3, -0.25) is 10.1 Å². The lowest BCUT2D eigenvalue weighted by Crippen LogP contribution is -2.14. The number of para-hydroxylation sites is 1. The lowest BCUT2D eigenvalue weighted by atomic mass is 9.99. The smallest absolute Gasteiger partial charge is 0.257 e. The van der Waals surface area contributed by atoms with E-state index in [2.05, 4.69) is 22.4 Å². The summed E-state index contributed by atoms with van der Waals surface area (Å²) in [5, 5.41) is 3.57. The molecular weight excluding hydrogens is 328 g/mol. The number of hydrogen-bond acceptors (Lipinski definition) is 3. The summed E-state index contributed by atoms with van der Waals surface area (Å²) in [5.74, 6) is -0.120. The highest BCUT2D eigenvalue weighted by Gasteiger charge is 2.13. The summed E-state index contributed by atoms with van der Waals surface area (Å²) in [6.45, 7) is 0. The molecule has 25 heavy (non-hydrogen) atoms. The minimum Gasteiger partial charge on any atom is -0.298 e. The number of aromatic nitrogens is 1. The van der Waals surface area contributed by atoms with Crippen LogP contribution in [0.15, 0.2) is 78.9 Å². The Kier molecular flexibility index (Phi) is 4.27. The van der Waals surface area contributed by atoms with E-state index in [9.17, 15) is 4.79 Å². The quantitative estimate of drug-likeness (QED) is 0.557. The van der Waals surface area contributed by atoms with Gasteiger partial charge >= 0.3 is 0 Å². The molecule has 0 fully saturated rings. The number of carbonyl (C=O) groups is 1. The highest BCUT2D eigenvalue weighted by Crippen LogP contribution is 2.26. The maximum Gasteiger partial charge on any atom is 0.257 e. The first kappa shape index (κ1) is 15.5. The van der Waals surface area contributed by atoms with Crippen molar-refractivity contribution in [2.24, 2.45) is 0 Å². The van der Waals surface area contributed by atoms with Crippen molar-refractivity contribution in [1.82, 2.24) is 4.98 Å². The van der Waals surface area contributed by atoms with E-state index < -0.39 is 0 Å². The Morgan fingerprint density at radius 2 is 1.60 bits per heavy atom. The third-order valence-electron chi connectivity index (χ3n) is 4.01. The Bertz CT molecular complexity index is 991. The predicted octanol–water partition coefficient (Wildman–Crippen LogP) is 5.14. The molecule has 1 heterocycles. The van der Waals surface area contributed by atoms with Gasteiger partial charge < -0.3 is 0 Å². The van der Waals surface area contributed by atoms with Crippen LogP contribution in [-0.4, -0.2) is 10.9 Å². The van der Waals surface area contributed by atoms with Gasteiger partial charge in [0.2, 0.25) is 0 Å². The molecular formula is C21H16N2OS. The van der Waals surface area contributed by atoms with Crippen LogP contribution in [0.1, 0.15) is 21.5 Å². The maximum atomic E-state index is 12.8. The molecule has 0 atom stereocenters. The zero-order valence-corrected chi connectivity index (χ0v) is 14.3. The van der Waals surface area contributed by atoms with Crippen molar-refractivity contribution in [3.05, 3.63) is 95.6 Å². The van der Waals surface area contributed by atoms with Crippen LogP contribution < -0.4 is 5.32 Å². The highest BCUT2D eigenvalue weighted by atomic mass is 32.1. The molecule has 3 nitrogen and oxygen atoms in total. The highest BCUT2D eigenvalue weighted by molar-refractivity contribution is 7.22. The van der Waals surface area contributed by atoms with Crippen LogP contribution in [0.4, 0.5) is 5.13 Å². The number of nitrogens with one attached hydrogen (secondary N) is 1. The molecule has 0 radical (unpaired) electrons. The van der Waals surface area contributed by atoms with Gasteiger partial charge in [-0.15, -0.1) is 0 Å². The average Bonchev–Trinajstić information content (AvgIpc) is 3.05. The minimum atomic E-state index is -0.120. The van der Waals surface area contributed by atoms with Crippen LogP contribution in [0.2, 0.25) is 0 Å². The van der Waals surface area contributed by atoms with E-state index in [0.29, 0.717) is 10.7 Å². The Balaban J connectivity index is 1.59. The zero-order chi connectivity index (χ0) is 17.1. The molecule has 3 aromatic carbocycles. The van der Waals surface area contributed by atoms with Crippen molar-refractivity contribution in [1.29, 1.82) is 0 Å². The predicted molar refractivity (Wildman–Crippen MR) is 103 cm³/mol. The second-order valence-corrected chi connectivity index (χ2v) is 6.79. The average molecular weight is 344 g/mol. The molecule has 1 aromatic heterocycles. The molecule has 1 N–H and O–H groups in total. The lowest BCUT2D eigenvalue weighted by molar-refractivity contribution is 0.102. The summed E-state index contributed by atoms with van der Waals surface area (Å²) in [6.07, 6.45) is 0.726. The molecule has 4 heteroatoms. The number of amides is 1. The minimum absolute atomic E-state index is 0.120. The number of fused-ring (bicyclic) bond motifs is 1. The third kappa shape index (κ3) is 3.44. The summed E-state index contributed by atoms with van der Waals surface area (Å²) in [4.78, 5) is 17.2. The molecule has 1 amide bonds. The molecule has 0 aliphatic rings. The fraction of sp³-hybridized carbons (Fsp3) is 0.0476. The Hall–Kier alpha value is -2.98. The summed E-state index contributed by atoms with van der Waals surface area (Å²) >= 11 is 1.49. The molecule has 0 saturated heterocycles. The number of nitrogens with zero attached hydrogens (tertiary/aromatic N) is 1. The summed E-state index contributed by atoms with van der Waals surface area (Å²) < 4.78 is 1.07. The van der Waals surface area contributed by atoms with Gasteiger partial charge in [-0.05, 0) is 35.7 Å². The molecule has 0 spiro atoms. The van der Waals surface area contributed by atoms with Crippen molar-refractivity contribution in [3.63, 3.8) is 0 Å². The molecule has 0 bridgehead atoms. The molecule has 122 valence electrons. The van der Waals surface area contributed by atoms with E-state index in [0.717, 1.165) is 22.2 Å². The molecule has 0 aliphatic heterocycles. The third-order valence-corrected chi connectivity index (χ3v) is 4.97. The molecule has 0 saturated carbocycles.